The lowest BCUT2D eigenvalue weighted by molar-refractivity contribution is -0.131. The molecular weight excluding hydrogens is 328 g/mol. The van der Waals surface area contributed by atoms with Crippen LogP contribution in [0.1, 0.15) is 25.0 Å². The Hall–Kier alpha value is -2.89. The largest absolute Gasteiger partial charge is 0.338 e. The van der Waals surface area contributed by atoms with E-state index in [0.29, 0.717) is 31.1 Å². The van der Waals surface area contributed by atoms with Crippen LogP contribution in [0.2, 0.25) is 0 Å². The smallest absolute Gasteiger partial charge is 0.247 e. The molecule has 0 unspecified atom stereocenters. The van der Waals surface area contributed by atoms with Crippen molar-refractivity contribution in [2.75, 3.05) is 11.9 Å². The number of rotatable bonds is 8. The van der Waals surface area contributed by atoms with E-state index in [1.54, 1.807) is 23.0 Å². The second kappa shape index (κ2) is 8.99. The third-order valence-corrected chi connectivity index (χ3v) is 3.83. The molecule has 0 spiro atoms. The molecule has 0 aliphatic rings. The first-order valence-corrected chi connectivity index (χ1v) is 8.65. The number of hydrogen-bond donors (Lipinski definition) is 1. The predicted molar refractivity (Wildman–Crippen MR) is 102 cm³/mol. The molecule has 6 nitrogen and oxygen atoms in total. The van der Waals surface area contributed by atoms with E-state index in [-0.39, 0.29) is 11.8 Å². The Morgan fingerprint density at radius 1 is 1.27 bits per heavy atom. The molecule has 2 rings (SSSR count). The standard InChI is InChI=1S/C20H26N4O2/c1-5-19(25)22-18-8-6-16(7-9-18)10-20(26)24(12-15(2)3)14-17-11-21-23(4)13-17/h5-9,11,13,15H,1,10,12,14H2,2-4H3,(H,22,25). The molecule has 0 aliphatic carbocycles. The van der Waals surface area contributed by atoms with Gasteiger partial charge in [-0.25, -0.2) is 0 Å². The van der Waals surface area contributed by atoms with Crippen molar-refractivity contribution < 1.29 is 9.59 Å². The molecule has 26 heavy (non-hydrogen) atoms. The maximum Gasteiger partial charge on any atom is 0.247 e. The molecule has 0 radical (unpaired) electrons. The van der Waals surface area contributed by atoms with Gasteiger partial charge in [0.15, 0.2) is 0 Å². The average Bonchev–Trinajstić information content (AvgIpc) is 3.00. The molecule has 0 bridgehead atoms. The molecule has 0 saturated carbocycles. The Kier molecular flexibility index (Phi) is 6.72. The van der Waals surface area contributed by atoms with E-state index < -0.39 is 0 Å². The minimum Gasteiger partial charge on any atom is -0.338 e. The van der Waals surface area contributed by atoms with Gasteiger partial charge in [-0.2, -0.15) is 5.10 Å². The summed E-state index contributed by atoms with van der Waals surface area (Å²) in [5.41, 5.74) is 2.61. The number of aromatic nitrogens is 2. The van der Waals surface area contributed by atoms with Gasteiger partial charge in [0, 0.05) is 37.6 Å². The van der Waals surface area contributed by atoms with Gasteiger partial charge in [-0.1, -0.05) is 32.6 Å². The molecule has 0 fully saturated rings. The Balaban J connectivity index is 2.03. The van der Waals surface area contributed by atoms with Gasteiger partial charge in [0.05, 0.1) is 12.6 Å². The van der Waals surface area contributed by atoms with E-state index in [9.17, 15) is 9.59 Å². The Morgan fingerprint density at radius 3 is 2.50 bits per heavy atom. The van der Waals surface area contributed by atoms with Crippen molar-refractivity contribution in [2.24, 2.45) is 13.0 Å². The molecule has 1 N–H and O–H groups in total. The van der Waals surface area contributed by atoms with E-state index in [1.165, 1.54) is 6.08 Å². The summed E-state index contributed by atoms with van der Waals surface area (Å²) in [6, 6.07) is 7.29. The van der Waals surface area contributed by atoms with E-state index in [1.807, 2.05) is 30.3 Å². The van der Waals surface area contributed by atoms with Crippen molar-refractivity contribution in [1.29, 1.82) is 0 Å². The van der Waals surface area contributed by atoms with Gasteiger partial charge in [-0.15, -0.1) is 0 Å². The molecule has 6 heteroatoms. The fourth-order valence-corrected chi connectivity index (χ4v) is 2.65. The second-order valence-corrected chi connectivity index (χ2v) is 6.76. The number of aryl methyl sites for hydroxylation is 1. The van der Waals surface area contributed by atoms with Crippen LogP contribution in [0.3, 0.4) is 0 Å². The normalized spacial score (nSPS) is 10.6. The molecule has 0 aliphatic heterocycles. The summed E-state index contributed by atoms with van der Waals surface area (Å²) in [6.07, 6.45) is 5.26. The van der Waals surface area contributed by atoms with Crippen molar-refractivity contribution in [3.8, 4) is 0 Å². The van der Waals surface area contributed by atoms with Crippen LogP contribution in [-0.2, 0) is 29.6 Å². The SMILES string of the molecule is C=CC(=O)Nc1ccc(CC(=O)N(Cc2cnn(C)c2)CC(C)C)cc1. The van der Waals surface area contributed by atoms with Crippen LogP contribution in [-0.4, -0.2) is 33.0 Å². The van der Waals surface area contributed by atoms with Gasteiger partial charge in [0.25, 0.3) is 0 Å². The molecule has 138 valence electrons. The van der Waals surface area contributed by atoms with Gasteiger partial charge in [0.2, 0.25) is 11.8 Å². The predicted octanol–water partition coefficient (Wildman–Crippen LogP) is 2.77. The van der Waals surface area contributed by atoms with Gasteiger partial charge in [0.1, 0.15) is 0 Å². The Morgan fingerprint density at radius 2 is 1.96 bits per heavy atom. The topological polar surface area (TPSA) is 67.2 Å². The van der Waals surface area contributed by atoms with Crippen LogP contribution in [0.25, 0.3) is 0 Å². The summed E-state index contributed by atoms with van der Waals surface area (Å²) in [7, 11) is 1.87. The highest BCUT2D eigenvalue weighted by Crippen LogP contribution is 2.13. The number of nitrogens with one attached hydrogen (secondary N) is 1. The summed E-state index contributed by atoms with van der Waals surface area (Å²) in [6.45, 7) is 8.87. The fourth-order valence-electron chi connectivity index (χ4n) is 2.65. The van der Waals surface area contributed by atoms with Gasteiger partial charge in [-0.05, 0) is 29.7 Å². The molecule has 1 aromatic heterocycles. The summed E-state index contributed by atoms with van der Waals surface area (Å²) in [4.78, 5) is 26.0. The zero-order valence-corrected chi connectivity index (χ0v) is 15.6. The van der Waals surface area contributed by atoms with Crippen molar-refractivity contribution >= 4 is 17.5 Å². The van der Waals surface area contributed by atoms with Gasteiger partial charge >= 0.3 is 0 Å². The van der Waals surface area contributed by atoms with E-state index in [0.717, 1.165) is 11.1 Å². The minimum atomic E-state index is -0.256. The van der Waals surface area contributed by atoms with E-state index in [4.69, 9.17) is 0 Å². The van der Waals surface area contributed by atoms with Crippen LogP contribution in [0, 0.1) is 5.92 Å². The minimum absolute atomic E-state index is 0.0745. The molecule has 2 amide bonds. The highest BCUT2D eigenvalue weighted by Gasteiger charge is 2.16. The third-order valence-electron chi connectivity index (χ3n) is 3.83. The van der Waals surface area contributed by atoms with Gasteiger partial charge < -0.3 is 10.2 Å². The molecule has 0 atom stereocenters. The van der Waals surface area contributed by atoms with Crippen molar-refractivity contribution in [1.82, 2.24) is 14.7 Å². The van der Waals surface area contributed by atoms with Crippen LogP contribution in [0.15, 0.2) is 49.3 Å². The first-order chi connectivity index (χ1) is 12.4. The average molecular weight is 354 g/mol. The Labute approximate surface area is 154 Å². The molecule has 0 saturated heterocycles. The number of benzene rings is 1. The maximum absolute atomic E-state index is 12.8. The zero-order chi connectivity index (χ0) is 19.1. The fraction of sp³-hybridized carbons (Fsp3) is 0.350. The Bertz CT molecular complexity index is 762. The van der Waals surface area contributed by atoms with Crippen LogP contribution >= 0.6 is 0 Å². The summed E-state index contributed by atoms with van der Waals surface area (Å²) >= 11 is 0. The number of amides is 2. The van der Waals surface area contributed by atoms with E-state index in [2.05, 4.69) is 30.8 Å². The van der Waals surface area contributed by atoms with Crippen molar-refractivity contribution in [3.63, 3.8) is 0 Å². The maximum atomic E-state index is 12.8. The first kappa shape index (κ1) is 19.4. The molecule has 1 aromatic carbocycles. The molecule has 2 aromatic rings. The lowest BCUT2D eigenvalue weighted by Gasteiger charge is -2.24. The number of carbonyl (C=O) groups excluding carboxylic acids is 2. The summed E-state index contributed by atoms with van der Waals surface area (Å²) < 4.78 is 1.74. The van der Waals surface area contributed by atoms with Crippen LogP contribution in [0.4, 0.5) is 5.69 Å². The highest BCUT2D eigenvalue weighted by molar-refractivity contribution is 5.98. The quantitative estimate of drug-likeness (QED) is 0.741. The van der Waals surface area contributed by atoms with Crippen molar-refractivity contribution in [3.05, 3.63) is 60.4 Å². The third kappa shape index (κ3) is 5.88. The number of hydrogen-bond acceptors (Lipinski definition) is 3. The monoisotopic (exact) mass is 354 g/mol. The number of carbonyl (C=O) groups is 2. The zero-order valence-electron chi connectivity index (χ0n) is 15.6. The second-order valence-electron chi connectivity index (χ2n) is 6.76. The summed E-state index contributed by atoms with van der Waals surface area (Å²) in [5.74, 6) is 0.200. The number of anilines is 1. The van der Waals surface area contributed by atoms with Crippen molar-refractivity contribution in [2.45, 2.75) is 26.8 Å². The first-order valence-electron chi connectivity index (χ1n) is 8.65. The lowest BCUT2D eigenvalue weighted by atomic mass is 10.1. The summed E-state index contributed by atoms with van der Waals surface area (Å²) in [5, 5.41) is 6.86. The highest BCUT2D eigenvalue weighted by atomic mass is 16.2. The lowest BCUT2D eigenvalue weighted by Crippen LogP contribution is -2.34. The van der Waals surface area contributed by atoms with Crippen LogP contribution in [0.5, 0.6) is 0 Å². The molecule has 1 heterocycles. The van der Waals surface area contributed by atoms with Crippen LogP contribution < -0.4 is 5.32 Å². The van der Waals surface area contributed by atoms with E-state index >= 15 is 0 Å². The molecular formula is C20H26N4O2. The van der Waals surface area contributed by atoms with Gasteiger partial charge in [-0.3, -0.25) is 14.3 Å². The number of nitrogens with zero attached hydrogens (tertiary/aromatic N) is 3.